The van der Waals surface area contributed by atoms with Crippen molar-refractivity contribution in [3.8, 4) is 0 Å². The molecule has 1 N–H and O–H groups in total. The van der Waals surface area contributed by atoms with Gasteiger partial charge in [-0.3, -0.25) is 14.5 Å². The SMILES string of the molecule is O=C(CN1CCN(C(=O)C2CCCCN2)CC1)N1CCCCCC1. The molecule has 3 heterocycles. The summed E-state index contributed by atoms with van der Waals surface area (Å²) >= 11 is 0. The third-order valence-electron chi connectivity index (χ3n) is 5.61. The minimum absolute atomic E-state index is 0.0176. The number of piperazine rings is 1. The summed E-state index contributed by atoms with van der Waals surface area (Å²) in [6, 6.07) is 0.0176. The summed E-state index contributed by atoms with van der Waals surface area (Å²) in [4.78, 5) is 31.2. The highest BCUT2D eigenvalue weighted by molar-refractivity contribution is 5.82. The van der Waals surface area contributed by atoms with Crippen LogP contribution in [0.1, 0.15) is 44.9 Å². The number of nitrogens with zero attached hydrogens (tertiary/aromatic N) is 3. The monoisotopic (exact) mass is 336 g/mol. The topological polar surface area (TPSA) is 55.9 Å². The largest absolute Gasteiger partial charge is 0.342 e. The van der Waals surface area contributed by atoms with Crippen LogP contribution in [0.15, 0.2) is 0 Å². The van der Waals surface area contributed by atoms with Crippen LogP contribution in [0.5, 0.6) is 0 Å². The predicted molar refractivity (Wildman–Crippen MR) is 93.7 cm³/mol. The number of carbonyl (C=O) groups excluding carboxylic acids is 2. The van der Waals surface area contributed by atoms with Crippen LogP contribution in [0.4, 0.5) is 0 Å². The molecule has 1 atom stereocenters. The van der Waals surface area contributed by atoms with Gasteiger partial charge in [0.25, 0.3) is 0 Å². The smallest absolute Gasteiger partial charge is 0.239 e. The molecule has 3 aliphatic rings. The van der Waals surface area contributed by atoms with Crippen LogP contribution in [0, 0.1) is 0 Å². The van der Waals surface area contributed by atoms with E-state index in [-0.39, 0.29) is 17.9 Å². The standard InChI is InChI=1S/C18H32N4O2/c23-17(21-9-5-1-2-6-10-21)15-20-11-13-22(14-12-20)18(24)16-7-3-4-8-19-16/h16,19H,1-15H2. The molecule has 0 bridgehead atoms. The van der Waals surface area contributed by atoms with E-state index >= 15 is 0 Å². The van der Waals surface area contributed by atoms with Crippen molar-refractivity contribution in [3.05, 3.63) is 0 Å². The van der Waals surface area contributed by atoms with Gasteiger partial charge in [0.2, 0.25) is 11.8 Å². The molecule has 0 spiro atoms. The zero-order chi connectivity index (χ0) is 16.8. The van der Waals surface area contributed by atoms with Gasteiger partial charge in [0, 0.05) is 39.3 Å². The van der Waals surface area contributed by atoms with Gasteiger partial charge in [-0.25, -0.2) is 0 Å². The van der Waals surface area contributed by atoms with Gasteiger partial charge >= 0.3 is 0 Å². The molecule has 0 saturated carbocycles. The summed E-state index contributed by atoms with van der Waals surface area (Å²) in [5.74, 6) is 0.527. The lowest BCUT2D eigenvalue weighted by Crippen LogP contribution is -2.56. The summed E-state index contributed by atoms with van der Waals surface area (Å²) in [6.07, 6.45) is 8.07. The molecule has 24 heavy (non-hydrogen) atoms. The fourth-order valence-electron chi connectivity index (χ4n) is 4.02. The maximum Gasteiger partial charge on any atom is 0.239 e. The minimum Gasteiger partial charge on any atom is -0.342 e. The molecule has 3 fully saturated rings. The van der Waals surface area contributed by atoms with Gasteiger partial charge in [-0.2, -0.15) is 0 Å². The van der Waals surface area contributed by atoms with Gasteiger partial charge < -0.3 is 15.1 Å². The lowest BCUT2D eigenvalue weighted by atomic mass is 10.0. The van der Waals surface area contributed by atoms with Gasteiger partial charge in [-0.05, 0) is 32.2 Å². The molecule has 3 aliphatic heterocycles. The van der Waals surface area contributed by atoms with Crippen molar-refractivity contribution < 1.29 is 9.59 Å². The van der Waals surface area contributed by atoms with E-state index in [4.69, 9.17) is 0 Å². The average molecular weight is 336 g/mol. The number of hydrogen-bond acceptors (Lipinski definition) is 4. The normalized spacial score (nSPS) is 26.9. The third-order valence-corrected chi connectivity index (χ3v) is 5.61. The molecule has 136 valence electrons. The quantitative estimate of drug-likeness (QED) is 0.823. The number of likely N-dealkylation sites (tertiary alicyclic amines) is 1. The minimum atomic E-state index is 0.0176. The van der Waals surface area contributed by atoms with Gasteiger partial charge in [0.05, 0.1) is 12.6 Å². The summed E-state index contributed by atoms with van der Waals surface area (Å²) in [5, 5.41) is 3.34. The van der Waals surface area contributed by atoms with Crippen molar-refractivity contribution in [3.63, 3.8) is 0 Å². The molecule has 0 radical (unpaired) electrons. The molecular weight excluding hydrogens is 304 g/mol. The van der Waals surface area contributed by atoms with Crippen LogP contribution < -0.4 is 5.32 Å². The van der Waals surface area contributed by atoms with Crippen LogP contribution in [-0.2, 0) is 9.59 Å². The van der Waals surface area contributed by atoms with Crippen LogP contribution in [0.2, 0.25) is 0 Å². The summed E-state index contributed by atoms with van der Waals surface area (Å²) in [6.45, 7) is 6.46. The second-order valence-corrected chi connectivity index (χ2v) is 7.40. The molecule has 3 saturated heterocycles. The maximum absolute atomic E-state index is 12.5. The Hall–Kier alpha value is -1.14. The van der Waals surface area contributed by atoms with Crippen molar-refractivity contribution in [2.45, 2.75) is 51.0 Å². The van der Waals surface area contributed by atoms with Crippen molar-refractivity contribution in [2.24, 2.45) is 0 Å². The summed E-state index contributed by atoms with van der Waals surface area (Å²) < 4.78 is 0. The Morgan fingerprint density at radius 3 is 2.12 bits per heavy atom. The third kappa shape index (κ3) is 4.70. The van der Waals surface area contributed by atoms with Crippen molar-refractivity contribution in [1.29, 1.82) is 0 Å². The number of amides is 2. The van der Waals surface area contributed by atoms with E-state index in [1.165, 1.54) is 19.3 Å². The lowest BCUT2D eigenvalue weighted by Gasteiger charge is -2.37. The Balaban J connectivity index is 1.41. The summed E-state index contributed by atoms with van der Waals surface area (Å²) in [7, 11) is 0. The molecule has 1 unspecified atom stereocenters. The van der Waals surface area contributed by atoms with Crippen molar-refractivity contribution in [2.75, 3.05) is 52.4 Å². The van der Waals surface area contributed by atoms with E-state index in [0.29, 0.717) is 6.54 Å². The van der Waals surface area contributed by atoms with Crippen LogP contribution in [0.3, 0.4) is 0 Å². The Labute approximate surface area is 145 Å². The first kappa shape index (κ1) is 17.7. The molecule has 0 aliphatic carbocycles. The molecule has 0 aromatic carbocycles. The average Bonchev–Trinajstić information content (AvgIpc) is 2.92. The van der Waals surface area contributed by atoms with E-state index in [1.54, 1.807) is 0 Å². The van der Waals surface area contributed by atoms with Crippen LogP contribution in [-0.4, -0.2) is 84.9 Å². The Morgan fingerprint density at radius 1 is 0.792 bits per heavy atom. The van der Waals surface area contributed by atoms with E-state index < -0.39 is 0 Å². The predicted octanol–water partition coefficient (Wildman–Crippen LogP) is 0.675. The number of rotatable bonds is 3. The number of carbonyl (C=O) groups is 2. The first-order valence-electron chi connectivity index (χ1n) is 9.76. The molecule has 0 aromatic rings. The van der Waals surface area contributed by atoms with Crippen molar-refractivity contribution in [1.82, 2.24) is 20.0 Å². The van der Waals surface area contributed by atoms with Gasteiger partial charge in [-0.15, -0.1) is 0 Å². The fourth-order valence-corrected chi connectivity index (χ4v) is 4.02. The second kappa shape index (κ2) is 8.81. The zero-order valence-electron chi connectivity index (χ0n) is 14.8. The highest BCUT2D eigenvalue weighted by Crippen LogP contribution is 2.13. The first-order chi connectivity index (χ1) is 11.7. The van der Waals surface area contributed by atoms with Gasteiger partial charge in [0.15, 0.2) is 0 Å². The van der Waals surface area contributed by atoms with E-state index in [0.717, 1.165) is 71.5 Å². The number of piperidine rings is 1. The van der Waals surface area contributed by atoms with Gasteiger partial charge in [0.1, 0.15) is 0 Å². The van der Waals surface area contributed by atoms with Crippen LogP contribution >= 0.6 is 0 Å². The van der Waals surface area contributed by atoms with E-state index in [9.17, 15) is 9.59 Å². The Morgan fingerprint density at radius 2 is 1.50 bits per heavy atom. The highest BCUT2D eigenvalue weighted by atomic mass is 16.2. The van der Waals surface area contributed by atoms with Crippen LogP contribution in [0.25, 0.3) is 0 Å². The highest BCUT2D eigenvalue weighted by Gasteiger charge is 2.29. The second-order valence-electron chi connectivity index (χ2n) is 7.40. The fraction of sp³-hybridized carbons (Fsp3) is 0.889. The van der Waals surface area contributed by atoms with E-state index in [1.807, 2.05) is 9.80 Å². The molecule has 6 heteroatoms. The van der Waals surface area contributed by atoms with Crippen molar-refractivity contribution >= 4 is 11.8 Å². The summed E-state index contributed by atoms with van der Waals surface area (Å²) in [5.41, 5.74) is 0. The Kier molecular flexibility index (Phi) is 6.49. The lowest BCUT2D eigenvalue weighted by molar-refractivity contribution is -0.137. The molecular formula is C18H32N4O2. The molecule has 2 amide bonds. The molecule has 6 nitrogen and oxygen atoms in total. The number of nitrogens with one attached hydrogen (secondary N) is 1. The van der Waals surface area contributed by atoms with E-state index in [2.05, 4.69) is 10.2 Å². The first-order valence-corrected chi connectivity index (χ1v) is 9.76. The van der Waals surface area contributed by atoms with Gasteiger partial charge in [-0.1, -0.05) is 19.3 Å². The molecule has 0 aromatic heterocycles. The number of hydrogen-bond donors (Lipinski definition) is 1. The Bertz CT molecular complexity index is 421. The zero-order valence-corrected chi connectivity index (χ0v) is 14.8. The maximum atomic E-state index is 12.5. The molecule has 3 rings (SSSR count).